The largest absolute Gasteiger partial charge is 0.361 e. The number of nitrogens with zero attached hydrogens (tertiary/aromatic N) is 3. The molecule has 2 rings (SSSR count). The van der Waals surface area contributed by atoms with E-state index in [0.717, 1.165) is 0 Å². The van der Waals surface area contributed by atoms with Crippen LogP contribution < -0.4 is 0 Å². The molecular formula is C12H12ClN3O2. The van der Waals surface area contributed by atoms with Gasteiger partial charge in [0, 0.05) is 19.3 Å². The van der Waals surface area contributed by atoms with Crippen molar-refractivity contribution in [2.75, 3.05) is 7.05 Å². The molecule has 6 heteroatoms. The average Bonchev–Trinajstić information content (AvgIpc) is 2.74. The van der Waals surface area contributed by atoms with Crippen LogP contribution in [0.5, 0.6) is 0 Å². The van der Waals surface area contributed by atoms with E-state index in [4.69, 9.17) is 16.1 Å². The second kappa shape index (κ2) is 5.18. The van der Waals surface area contributed by atoms with E-state index in [1.807, 2.05) is 0 Å². The summed E-state index contributed by atoms with van der Waals surface area (Å²) in [5.74, 6) is 0.513. The lowest BCUT2D eigenvalue weighted by atomic mass is 10.2. The second-order valence-electron chi connectivity index (χ2n) is 3.93. The molecule has 0 N–H and O–H groups in total. The molecule has 0 spiro atoms. The smallest absolute Gasteiger partial charge is 0.257 e. The second-order valence-corrected chi connectivity index (χ2v) is 4.29. The van der Waals surface area contributed by atoms with Gasteiger partial charge in [-0.25, -0.2) is 4.98 Å². The van der Waals surface area contributed by atoms with Crippen molar-refractivity contribution in [3.05, 3.63) is 46.6 Å². The Kier molecular flexibility index (Phi) is 3.62. The molecule has 5 nitrogen and oxygen atoms in total. The molecule has 0 aliphatic rings. The summed E-state index contributed by atoms with van der Waals surface area (Å²) < 4.78 is 4.95. The van der Waals surface area contributed by atoms with Crippen LogP contribution in [0.2, 0.25) is 5.15 Å². The van der Waals surface area contributed by atoms with Crippen molar-refractivity contribution in [1.82, 2.24) is 15.0 Å². The summed E-state index contributed by atoms with van der Waals surface area (Å²) in [6.45, 7) is 2.16. The molecule has 0 atom stereocenters. The quantitative estimate of drug-likeness (QED) is 0.799. The summed E-state index contributed by atoms with van der Waals surface area (Å²) in [4.78, 5) is 17.5. The van der Waals surface area contributed by atoms with E-state index in [0.29, 0.717) is 23.6 Å². The van der Waals surface area contributed by atoms with Crippen molar-refractivity contribution in [3.8, 4) is 0 Å². The number of halogens is 1. The van der Waals surface area contributed by atoms with Gasteiger partial charge in [-0.15, -0.1) is 0 Å². The molecule has 0 aliphatic carbocycles. The van der Waals surface area contributed by atoms with E-state index in [1.165, 1.54) is 4.90 Å². The van der Waals surface area contributed by atoms with Gasteiger partial charge in [0.05, 0.1) is 12.1 Å². The standard InChI is InChI=1S/C12H12ClN3O2/c1-8-6-9(15-18-8)7-16(2)12(17)10-4-3-5-14-11(10)13/h3-6H,7H2,1-2H3. The van der Waals surface area contributed by atoms with Crippen LogP contribution in [0.25, 0.3) is 0 Å². The van der Waals surface area contributed by atoms with E-state index in [2.05, 4.69) is 10.1 Å². The third kappa shape index (κ3) is 2.68. The fourth-order valence-electron chi connectivity index (χ4n) is 1.56. The highest BCUT2D eigenvalue weighted by atomic mass is 35.5. The molecule has 0 unspecified atom stereocenters. The fraction of sp³-hybridized carbons (Fsp3) is 0.250. The minimum atomic E-state index is -0.200. The van der Waals surface area contributed by atoms with Gasteiger partial charge in [-0.1, -0.05) is 16.8 Å². The molecular weight excluding hydrogens is 254 g/mol. The summed E-state index contributed by atoms with van der Waals surface area (Å²) in [7, 11) is 1.68. The van der Waals surface area contributed by atoms with Gasteiger partial charge in [0.25, 0.3) is 5.91 Å². The predicted molar refractivity (Wildman–Crippen MR) is 66.3 cm³/mol. The Hall–Kier alpha value is -1.88. The van der Waals surface area contributed by atoms with Crippen LogP contribution >= 0.6 is 11.6 Å². The third-order valence-corrected chi connectivity index (χ3v) is 2.71. The minimum absolute atomic E-state index is 0.200. The minimum Gasteiger partial charge on any atom is -0.361 e. The van der Waals surface area contributed by atoms with E-state index in [1.54, 1.807) is 38.4 Å². The molecule has 0 bridgehead atoms. The lowest BCUT2D eigenvalue weighted by Crippen LogP contribution is -2.26. The molecule has 2 aromatic heterocycles. The Morgan fingerprint density at radius 3 is 2.94 bits per heavy atom. The Labute approximate surface area is 109 Å². The normalized spacial score (nSPS) is 10.4. The first-order valence-corrected chi connectivity index (χ1v) is 5.74. The van der Waals surface area contributed by atoms with Crippen LogP contribution in [0.1, 0.15) is 21.8 Å². The van der Waals surface area contributed by atoms with Crippen molar-refractivity contribution in [2.24, 2.45) is 0 Å². The van der Waals surface area contributed by atoms with Crippen LogP contribution in [-0.2, 0) is 6.54 Å². The number of hydrogen-bond donors (Lipinski definition) is 0. The zero-order valence-electron chi connectivity index (χ0n) is 10.1. The van der Waals surface area contributed by atoms with E-state index >= 15 is 0 Å². The first kappa shape index (κ1) is 12.6. The van der Waals surface area contributed by atoms with Crippen LogP contribution in [0.4, 0.5) is 0 Å². The lowest BCUT2D eigenvalue weighted by molar-refractivity contribution is 0.0782. The molecule has 0 saturated carbocycles. The maximum atomic E-state index is 12.1. The maximum Gasteiger partial charge on any atom is 0.257 e. The fourth-order valence-corrected chi connectivity index (χ4v) is 1.76. The van der Waals surface area contributed by atoms with E-state index in [9.17, 15) is 4.79 Å². The van der Waals surface area contributed by atoms with Crippen molar-refractivity contribution >= 4 is 17.5 Å². The topological polar surface area (TPSA) is 59.2 Å². The number of aromatic nitrogens is 2. The maximum absolute atomic E-state index is 12.1. The zero-order valence-corrected chi connectivity index (χ0v) is 10.8. The number of amides is 1. The Morgan fingerprint density at radius 1 is 1.56 bits per heavy atom. The van der Waals surface area contributed by atoms with Gasteiger partial charge in [-0.3, -0.25) is 4.79 Å². The van der Waals surface area contributed by atoms with Gasteiger partial charge < -0.3 is 9.42 Å². The zero-order chi connectivity index (χ0) is 13.1. The van der Waals surface area contributed by atoms with Crippen LogP contribution in [0, 0.1) is 6.92 Å². The Balaban J connectivity index is 2.12. The van der Waals surface area contributed by atoms with Crippen LogP contribution in [-0.4, -0.2) is 28.0 Å². The van der Waals surface area contributed by atoms with Gasteiger partial charge in [0.1, 0.15) is 16.6 Å². The van der Waals surface area contributed by atoms with E-state index in [-0.39, 0.29) is 11.1 Å². The lowest BCUT2D eigenvalue weighted by Gasteiger charge is -2.15. The highest BCUT2D eigenvalue weighted by Gasteiger charge is 2.16. The number of carbonyl (C=O) groups is 1. The third-order valence-electron chi connectivity index (χ3n) is 2.41. The van der Waals surface area contributed by atoms with Gasteiger partial charge in [-0.05, 0) is 19.1 Å². The van der Waals surface area contributed by atoms with Gasteiger partial charge >= 0.3 is 0 Å². The van der Waals surface area contributed by atoms with Gasteiger partial charge in [0.2, 0.25) is 0 Å². The summed E-state index contributed by atoms with van der Waals surface area (Å²) in [5.41, 5.74) is 1.07. The van der Waals surface area contributed by atoms with Crippen molar-refractivity contribution in [2.45, 2.75) is 13.5 Å². The molecule has 2 aromatic rings. The molecule has 0 aromatic carbocycles. The van der Waals surface area contributed by atoms with Crippen molar-refractivity contribution in [1.29, 1.82) is 0 Å². The van der Waals surface area contributed by atoms with Gasteiger partial charge in [-0.2, -0.15) is 0 Å². The number of rotatable bonds is 3. The van der Waals surface area contributed by atoms with E-state index < -0.39 is 0 Å². The first-order chi connectivity index (χ1) is 8.58. The first-order valence-electron chi connectivity index (χ1n) is 5.36. The van der Waals surface area contributed by atoms with Crippen molar-refractivity contribution < 1.29 is 9.32 Å². The Bertz CT molecular complexity index is 568. The number of carbonyl (C=O) groups excluding carboxylic acids is 1. The summed E-state index contributed by atoms with van der Waals surface area (Å²) in [6.07, 6.45) is 1.54. The molecule has 2 heterocycles. The number of aryl methyl sites for hydroxylation is 1. The highest BCUT2D eigenvalue weighted by Crippen LogP contribution is 2.15. The Morgan fingerprint density at radius 2 is 2.33 bits per heavy atom. The summed E-state index contributed by atoms with van der Waals surface area (Å²) in [6, 6.07) is 5.10. The highest BCUT2D eigenvalue weighted by molar-refractivity contribution is 6.32. The molecule has 0 saturated heterocycles. The summed E-state index contributed by atoms with van der Waals surface area (Å²) >= 11 is 5.88. The molecule has 0 radical (unpaired) electrons. The molecule has 1 amide bonds. The SMILES string of the molecule is Cc1cc(CN(C)C(=O)c2cccnc2Cl)no1. The predicted octanol–water partition coefficient (Wildman–Crippen LogP) is 2.30. The number of pyridine rings is 1. The molecule has 94 valence electrons. The monoisotopic (exact) mass is 265 g/mol. The number of hydrogen-bond acceptors (Lipinski definition) is 4. The summed E-state index contributed by atoms with van der Waals surface area (Å²) in [5, 5.41) is 4.04. The van der Waals surface area contributed by atoms with Crippen molar-refractivity contribution in [3.63, 3.8) is 0 Å². The van der Waals surface area contributed by atoms with Crippen LogP contribution in [0.3, 0.4) is 0 Å². The van der Waals surface area contributed by atoms with Gasteiger partial charge in [0.15, 0.2) is 0 Å². The molecule has 0 fully saturated rings. The molecule has 0 aliphatic heterocycles. The van der Waals surface area contributed by atoms with Crippen LogP contribution in [0.15, 0.2) is 28.9 Å². The average molecular weight is 266 g/mol. The molecule has 18 heavy (non-hydrogen) atoms.